The van der Waals surface area contributed by atoms with Gasteiger partial charge in [0.25, 0.3) is 5.91 Å². The molecule has 1 fully saturated rings. The average Bonchev–Trinajstić information content (AvgIpc) is 3.09. The predicted octanol–water partition coefficient (Wildman–Crippen LogP) is 2.52. The molecule has 6 heteroatoms. The topological polar surface area (TPSA) is 73.2 Å². The van der Waals surface area contributed by atoms with Gasteiger partial charge in [0.2, 0.25) is 0 Å². The Morgan fingerprint density at radius 2 is 2.00 bits per heavy atom. The maximum atomic E-state index is 12.1. The second kappa shape index (κ2) is 6.74. The molecule has 1 N–H and O–H groups in total. The Balaban J connectivity index is 1.90. The summed E-state index contributed by atoms with van der Waals surface area (Å²) in [5, 5.41) is 6.90. The van der Waals surface area contributed by atoms with E-state index >= 15 is 0 Å². The van der Waals surface area contributed by atoms with E-state index in [0.29, 0.717) is 5.82 Å². The molecular formula is C15H23N3O3. The zero-order chi connectivity index (χ0) is 15.4. The molecule has 1 amide bonds. The second-order valence-corrected chi connectivity index (χ2v) is 5.80. The molecule has 2 rings (SSSR count). The molecule has 1 aliphatic carbocycles. The molecule has 0 spiro atoms. The first-order valence-corrected chi connectivity index (χ1v) is 7.54. The van der Waals surface area contributed by atoms with Crippen molar-refractivity contribution in [2.45, 2.75) is 58.6 Å². The van der Waals surface area contributed by atoms with Crippen LogP contribution in [0.3, 0.4) is 0 Å². The van der Waals surface area contributed by atoms with Crippen molar-refractivity contribution >= 4 is 17.7 Å². The summed E-state index contributed by atoms with van der Waals surface area (Å²) in [5.74, 6) is -0.0172. The fraction of sp³-hybridized carbons (Fsp3) is 0.667. The van der Waals surface area contributed by atoms with Crippen LogP contribution >= 0.6 is 0 Å². The third kappa shape index (κ3) is 3.83. The fourth-order valence-corrected chi connectivity index (χ4v) is 2.54. The van der Waals surface area contributed by atoms with Gasteiger partial charge in [0, 0.05) is 12.1 Å². The standard InChI is InChI=1S/C15H23N3O3/c1-10(2)18-13(8-9-16-18)17-14(19)11(3)21-15(20)12-6-4-5-7-12/h8-12H,4-7H2,1-3H3,(H,17,19)/t11-/m0/s1. The third-order valence-corrected chi connectivity index (χ3v) is 3.76. The van der Waals surface area contributed by atoms with Crippen molar-refractivity contribution in [2.24, 2.45) is 5.92 Å². The minimum Gasteiger partial charge on any atom is -0.452 e. The SMILES string of the molecule is CC(C)n1nccc1NC(=O)[C@H](C)OC(=O)C1CCCC1. The number of hydrogen-bond acceptors (Lipinski definition) is 4. The predicted molar refractivity (Wildman–Crippen MR) is 78.8 cm³/mol. The smallest absolute Gasteiger partial charge is 0.309 e. The minimum atomic E-state index is -0.798. The van der Waals surface area contributed by atoms with Crippen molar-refractivity contribution in [2.75, 3.05) is 5.32 Å². The summed E-state index contributed by atoms with van der Waals surface area (Å²) in [6.45, 7) is 5.55. The van der Waals surface area contributed by atoms with Crippen LogP contribution in [0.15, 0.2) is 12.3 Å². The molecule has 0 unspecified atom stereocenters. The number of amides is 1. The third-order valence-electron chi connectivity index (χ3n) is 3.76. The summed E-state index contributed by atoms with van der Waals surface area (Å²) in [4.78, 5) is 24.0. The van der Waals surface area contributed by atoms with Gasteiger partial charge < -0.3 is 10.1 Å². The van der Waals surface area contributed by atoms with Crippen LogP contribution in [-0.2, 0) is 14.3 Å². The normalized spacial score (nSPS) is 17.0. The number of esters is 1. The summed E-state index contributed by atoms with van der Waals surface area (Å²) in [7, 11) is 0. The van der Waals surface area contributed by atoms with E-state index in [1.54, 1.807) is 23.9 Å². The highest BCUT2D eigenvalue weighted by Gasteiger charge is 2.27. The van der Waals surface area contributed by atoms with Crippen molar-refractivity contribution in [3.63, 3.8) is 0 Å². The number of carbonyl (C=O) groups excluding carboxylic acids is 2. The van der Waals surface area contributed by atoms with E-state index in [-0.39, 0.29) is 23.8 Å². The van der Waals surface area contributed by atoms with E-state index in [4.69, 9.17) is 4.74 Å². The van der Waals surface area contributed by atoms with Gasteiger partial charge in [-0.2, -0.15) is 5.10 Å². The van der Waals surface area contributed by atoms with E-state index in [9.17, 15) is 9.59 Å². The van der Waals surface area contributed by atoms with Crippen LogP contribution < -0.4 is 5.32 Å². The van der Waals surface area contributed by atoms with Crippen LogP contribution in [0.1, 0.15) is 52.5 Å². The number of carbonyl (C=O) groups is 2. The second-order valence-electron chi connectivity index (χ2n) is 5.80. The maximum absolute atomic E-state index is 12.1. The molecule has 1 atom stereocenters. The molecule has 6 nitrogen and oxygen atoms in total. The maximum Gasteiger partial charge on any atom is 0.309 e. The molecule has 21 heavy (non-hydrogen) atoms. The summed E-state index contributed by atoms with van der Waals surface area (Å²) in [6.07, 6.45) is 4.70. The van der Waals surface area contributed by atoms with Gasteiger partial charge in [0.1, 0.15) is 5.82 Å². The Morgan fingerprint density at radius 3 is 2.62 bits per heavy atom. The molecule has 1 heterocycles. The van der Waals surface area contributed by atoms with E-state index in [2.05, 4.69) is 10.4 Å². The van der Waals surface area contributed by atoms with Crippen LogP contribution in [0.4, 0.5) is 5.82 Å². The molecule has 0 aliphatic heterocycles. The first kappa shape index (κ1) is 15.5. The first-order valence-electron chi connectivity index (χ1n) is 7.54. The molecule has 116 valence electrons. The zero-order valence-corrected chi connectivity index (χ0v) is 12.8. The Bertz CT molecular complexity index is 504. The average molecular weight is 293 g/mol. The highest BCUT2D eigenvalue weighted by Crippen LogP contribution is 2.26. The van der Waals surface area contributed by atoms with E-state index in [1.165, 1.54) is 0 Å². The largest absolute Gasteiger partial charge is 0.452 e. The number of nitrogens with zero attached hydrogens (tertiary/aromatic N) is 2. The van der Waals surface area contributed by atoms with Crippen LogP contribution in [0.5, 0.6) is 0 Å². The Hall–Kier alpha value is -1.85. The molecule has 0 saturated heterocycles. The minimum absolute atomic E-state index is 0.0403. The summed E-state index contributed by atoms with van der Waals surface area (Å²) in [6, 6.07) is 1.87. The van der Waals surface area contributed by atoms with Crippen LogP contribution in [0, 0.1) is 5.92 Å². The van der Waals surface area contributed by atoms with Crippen LogP contribution in [-0.4, -0.2) is 27.8 Å². The highest BCUT2D eigenvalue weighted by molar-refractivity contribution is 5.94. The van der Waals surface area contributed by atoms with Crippen molar-refractivity contribution in [1.29, 1.82) is 0 Å². The number of hydrogen-bond donors (Lipinski definition) is 1. The van der Waals surface area contributed by atoms with Gasteiger partial charge in [-0.15, -0.1) is 0 Å². The lowest BCUT2D eigenvalue weighted by molar-refractivity contribution is -0.157. The summed E-state index contributed by atoms with van der Waals surface area (Å²) in [5.41, 5.74) is 0. The van der Waals surface area contributed by atoms with Crippen molar-refractivity contribution in [1.82, 2.24) is 9.78 Å². The van der Waals surface area contributed by atoms with Gasteiger partial charge in [-0.05, 0) is 33.6 Å². The van der Waals surface area contributed by atoms with Gasteiger partial charge in [-0.25, -0.2) is 4.68 Å². The van der Waals surface area contributed by atoms with Gasteiger partial charge >= 0.3 is 5.97 Å². The number of aromatic nitrogens is 2. The van der Waals surface area contributed by atoms with Gasteiger partial charge in [-0.3, -0.25) is 9.59 Å². The van der Waals surface area contributed by atoms with Gasteiger partial charge in [0.15, 0.2) is 6.10 Å². The zero-order valence-electron chi connectivity index (χ0n) is 12.8. The lowest BCUT2D eigenvalue weighted by Crippen LogP contribution is -2.32. The molecule has 1 saturated carbocycles. The quantitative estimate of drug-likeness (QED) is 0.847. The monoisotopic (exact) mass is 293 g/mol. The summed E-state index contributed by atoms with van der Waals surface area (Å²) >= 11 is 0. The van der Waals surface area contributed by atoms with E-state index in [1.807, 2.05) is 13.8 Å². The van der Waals surface area contributed by atoms with E-state index in [0.717, 1.165) is 25.7 Å². The molecular weight excluding hydrogens is 270 g/mol. The Labute approximate surface area is 124 Å². The highest BCUT2D eigenvalue weighted by atomic mass is 16.5. The molecule has 1 aliphatic rings. The Morgan fingerprint density at radius 1 is 1.33 bits per heavy atom. The molecule has 0 aromatic carbocycles. The number of ether oxygens (including phenoxy) is 1. The van der Waals surface area contributed by atoms with Crippen LogP contribution in [0.25, 0.3) is 0 Å². The van der Waals surface area contributed by atoms with Crippen LogP contribution in [0.2, 0.25) is 0 Å². The lowest BCUT2D eigenvalue weighted by Gasteiger charge is -2.17. The first-order chi connectivity index (χ1) is 9.99. The van der Waals surface area contributed by atoms with Crippen molar-refractivity contribution in [3.8, 4) is 0 Å². The fourth-order valence-electron chi connectivity index (χ4n) is 2.54. The molecule has 0 radical (unpaired) electrons. The molecule has 0 bridgehead atoms. The Kier molecular flexibility index (Phi) is 4.98. The van der Waals surface area contributed by atoms with Gasteiger partial charge in [0.05, 0.1) is 12.1 Å². The number of anilines is 1. The molecule has 1 aromatic rings. The van der Waals surface area contributed by atoms with Crippen molar-refractivity contribution < 1.29 is 14.3 Å². The summed E-state index contributed by atoms with van der Waals surface area (Å²) < 4.78 is 6.98. The van der Waals surface area contributed by atoms with Crippen molar-refractivity contribution in [3.05, 3.63) is 12.3 Å². The lowest BCUT2D eigenvalue weighted by atomic mass is 10.1. The van der Waals surface area contributed by atoms with E-state index < -0.39 is 6.10 Å². The van der Waals surface area contributed by atoms with Gasteiger partial charge in [-0.1, -0.05) is 12.8 Å². The number of rotatable bonds is 5. The molecule has 1 aromatic heterocycles. The number of nitrogens with one attached hydrogen (secondary N) is 1.